The maximum absolute atomic E-state index is 11.9. The number of carbonyl (C=O) groups is 1. The second-order valence-corrected chi connectivity index (χ2v) is 14.8. The number of aliphatic carboxylic acids is 1. The van der Waals surface area contributed by atoms with E-state index in [1.54, 1.807) is 6.92 Å². The molecule has 3 heteroatoms. The SMILES string of the molecule is CC(=Cc1c(C(C)c2cc(C(C)(C)C)cc(C(C)(C)C)c2O)cc(C(C)(C)C)cc1C(C)(C)C)C(=O)O. The molecule has 2 aromatic carbocycles. The summed E-state index contributed by atoms with van der Waals surface area (Å²) in [6.07, 6.45) is 1.82. The van der Waals surface area contributed by atoms with E-state index in [9.17, 15) is 15.0 Å². The fourth-order valence-corrected chi connectivity index (χ4v) is 4.69. The van der Waals surface area contributed by atoms with E-state index in [0.29, 0.717) is 11.3 Å². The van der Waals surface area contributed by atoms with Crippen molar-refractivity contribution in [2.45, 2.75) is 125 Å². The highest BCUT2D eigenvalue weighted by Gasteiger charge is 2.30. The summed E-state index contributed by atoms with van der Waals surface area (Å²) in [6.45, 7) is 29.9. The quantitative estimate of drug-likeness (QED) is 0.406. The molecule has 204 valence electrons. The van der Waals surface area contributed by atoms with Gasteiger partial charge in [-0.1, -0.05) is 114 Å². The van der Waals surface area contributed by atoms with Crippen LogP contribution in [0.3, 0.4) is 0 Å². The molecular weight excluding hydrogens is 456 g/mol. The van der Waals surface area contributed by atoms with Crippen molar-refractivity contribution in [2.75, 3.05) is 0 Å². The minimum absolute atomic E-state index is 0.0887. The third kappa shape index (κ3) is 6.86. The molecule has 37 heavy (non-hydrogen) atoms. The third-order valence-corrected chi connectivity index (χ3v) is 7.33. The number of hydrogen-bond acceptors (Lipinski definition) is 2. The van der Waals surface area contributed by atoms with Crippen molar-refractivity contribution in [3.05, 3.63) is 68.8 Å². The van der Waals surface area contributed by atoms with Crippen LogP contribution in [0.1, 0.15) is 142 Å². The summed E-state index contributed by atoms with van der Waals surface area (Å²) in [5.41, 5.74) is 6.97. The van der Waals surface area contributed by atoms with Crippen LogP contribution in [0.2, 0.25) is 0 Å². The molecule has 1 unspecified atom stereocenters. The average Bonchev–Trinajstić information content (AvgIpc) is 2.69. The van der Waals surface area contributed by atoms with Crippen molar-refractivity contribution >= 4 is 12.0 Å². The predicted molar refractivity (Wildman–Crippen MR) is 158 cm³/mol. The lowest BCUT2D eigenvalue weighted by atomic mass is 9.72. The molecule has 2 aromatic rings. The molecule has 0 bridgehead atoms. The first-order valence-corrected chi connectivity index (χ1v) is 13.4. The first-order chi connectivity index (χ1) is 16.5. The summed E-state index contributed by atoms with van der Waals surface area (Å²) in [6, 6.07) is 8.75. The van der Waals surface area contributed by atoms with E-state index in [1.807, 2.05) is 6.08 Å². The zero-order valence-electron chi connectivity index (χ0n) is 25.8. The van der Waals surface area contributed by atoms with Crippen molar-refractivity contribution < 1.29 is 15.0 Å². The molecule has 0 heterocycles. The first-order valence-electron chi connectivity index (χ1n) is 13.4. The molecule has 3 nitrogen and oxygen atoms in total. The van der Waals surface area contributed by atoms with Crippen LogP contribution in [0.4, 0.5) is 0 Å². The number of hydrogen-bond donors (Lipinski definition) is 2. The van der Waals surface area contributed by atoms with Crippen LogP contribution in [0.25, 0.3) is 6.08 Å². The Morgan fingerprint density at radius 1 is 0.703 bits per heavy atom. The van der Waals surface area contributed by atoms with E-state index < -0.39 is 5.97 Å². The first kappa shape index (κ1) is 30.7. The minimum atomic E-state index is -0.925. The van der Waals surface area contributed by atoms with Crippen LogP contribution < -0.4 is 0 Å². The lowest BCUT2D eigenvalue weighted by Crippen LogP contribution is -2.21. The summed E-state index contributed by atoms with van der Waals surface area (Å²) in [4.78, 5) is 11.9. The van der Waals surface area contributed by atoms with E-state index in [-0.39, 0.29) is 27.6 Å². The van der Waals surface area contributed by atoms with Gasteiger partial charge in [-0.05, 0) is 68.0 Å². The molecule has 0 fully saturated rings. The second kappa shape index (κ2) is 9.97. The topological polar surface area (TPSA) is 57.5 Å². The van der Waals surface area contributed by atoms with Crippen molar-refractivity contribution in [3.63, 3.8) is 0 Å². The van der Waals surface area contributed by atoms with Crippen molar-refractivity contribution in [1.82, 2.24) is 0 Å². The summed E-state index contributed by atoms with van der Waals surface area (Å²) in [7, 11) is 0. The number of phenols is 1. The van der Waals surface area contributed by atoms with Crippen LogP contribution in [-0.4, -0.2) is 16.2 Å². The fraction of sp³-hybridized carbons (Fsp3) is 0.559. The molecule has 1 atom stereocenters. The van der Waals surface area contributed by atoms with Gasteiger partial charge < -0.3 is 10.2 Å². The van der Waals surface area contributed by atoms with Crippen LogP contribution in [-0.2, 0) is 26.5 Å². The highest BCUT2D eigenvalue weighted by molar-refractivity contribution is 5.92. The maximum atomic E-state index is 11.9. The van der Waals surface area contributed by atoms with Gasteiger partial charge in [-0.3, -0.25) is 0 Å². The Balaban J connectivity index is 3.09. The molecule has 0 aromatic heterocycles. The number of phenolic OH excluding ortho intramolecular Hbond substituents is 1. The van der Waals surface area contributed by atoms with Gasteiger partial charge in [-0.25, -0.2) is 4.79 Å². The van der Waals surface area contributed by atoms with Gasteiger partial charge in [0, 0.05) is 17.1 Å². The molecule has 0 aliphatic heterocycles. The maximum Gasteiger partial charge on any atom is 0.331 e. The molecule has 2 N–H and O–H groups in total. The zero-order valence-corrected chi connectivity index (χ0v) is 25.8. The third-order valence-electron chi connectivity index (χ3n) is 7.33. The standard InChI is InChI=1S/C34H50O3/c1-20(30(36)37)15-26-24(16-22(31(3,4)5)18-27(26)33(9,10)11)21(2)25-17-23(32(6,7)8)19-28(29(25)35)34(12,13)14/h15-19,21,35H,1-14H3,(H,36,37). The molecule has 0 saturated heterocycles. The molecule has 0 amide bonds. The summed E-state index contributed by atoms with van der Waals surface area (Å²) in [5.74, 6) is -0.748. The van der Waals surface area contributed by atoms with Crippen LogP contribution >= 0.6 is 0 Å². The Bertz CT molecular complexity index is 1200. The Morgan fingerprint density at radius 3 is 1.49 bits per heavy atom. The van der Waals surface area contributed by atoms with Crippen LogP contribution in [0.15, 0.2) is 29.8 Å². The zero-order chi connectivity index (χ0) is 28.9. The van der Waals surface area contributed by atoms with Crippen molar-refractivity contribution in [2.24, 2.45) is 0 Å². The van der Waals surface area contributed by atoms with E-state index in [4.69, 9.17) is 0 Å². The smallest absolute Gasteiger partial charge is 0.331 e. The number of rotatable bonds is 4. The Hall–Kier alpha value is -2.55. The van der Waals surface area contributed by atoms with Gasteiger partial charge in [0.15, 0.2) is 0 Å². The summed E-state index contributed by atoms with van der Waals surface area (Å²) >= 11 is 0. The summed E-state index contributed by atoms with van der Waals surface area (Å²) in [5, 5.41) is 21.4. The van der Waals surface area contributed by atoms with Gasteiger partial charge in [0.05, 0.1) is 0 Å². The monoisotopic (exact) mass is 506 g/mol. The molecule has 2 rings (SSSR count). The Kier molecular flexibility index (Phi) is 8.26. The van der Waals surface area contributed by atoms with Gasteiger partial charge in [0.25, 0.3) is 0 Å². The highest BCUT2D eigenvalue weighted by atomic mass is 16.4. The van der Waals surface area contributed by atoms with Gasteiger partial charge >= 0.3 is 5.97 Å². The van der Waals surface area contributed by atoms with Gasteiger partial charge in [-0.15, -0.1) is 0 Å². The normalized spacial score (nSPS) is 14.6. The van der Waals surface area contributed by atoms with E-state index in [2.05, 4.69) is 114 Å². The van der Waals surface area contributed by atoms with Gasteiger partial charge in [0.2, 0.25) is 0 Å². The molecule has 0 aliphatic carbocycles. The molecule has 0 saturated carbocycles. The highest BCUT2D eigenvalue weighted by Crippen LogP contribution is 2.45. The van der Waals surface area contributed by atoms with Crippen molar-refractivity contribution in [1.29, 1.82) is 0 Å². The Labute approximate surface area is 226 Å². The lowest BCUT2D eigenvalue weighted by Gasteiger charge is -2.32. The second-order valence-electron chi connectivity index (χ2n) is 14.8. The fourth-order valence-electron chi connectivity index (χ4n) is 4.69. The van der Waals surface area contributed by atoms with E-state index in [0.717, 1.165) is 27.8 Å². The molecular formula is C34H50O3. The molecule has 0 spiro atoms. The summed E-state index contributed by atoms with van der Waals surface area (Å²) < 4.78 is 0. The van der Waals surface area contributed by atoms with Gasteiger partial charge in [0.1, 0.15) is 5.75 Å². The van der Waals surface area contributed by atoms with E-state index >= 15 is 0 Å². The molecule has 0 radical (unpaired) electrons. The number of carboxylic acids is 1. The number of aromatic hydroxyl groups is 1. The van der Waals surface area contributed by atoms with Crippen molar-refractivity contribution in [3.8, 4) is 5.75 Å². The Morgan fingerprint density at radius 2 is 1.11 bits per heavy atom. The lowest BCUT2D eigenvalue weighted by molar-refractivity contribution is -0.132. The van der Waals surface area contributed by atoms with E-state index in [1.165, 1.54) is 11.1 Å². The van der Waals surface area contributed by atoms with Gasteiger partial charge in [-0.2, -0.15) is 0 Å². The number of carboxylic acid groups (broad SMARTS) is 1. The predicted octanol–water partition coefficient (Wildman–Crippen LogP) is 9.22. The average molecular weight is 507 g/mol. The number of benzene rings is 2. The minimum Gasteiger partial charge on any atom is -0.507 e. The van der Waals surface area contributed by atoms with Crippen LogP contribution in [0, 0.1) is 0 Å². The largest absolute Gasteiger partial charge is 0.507 e. The molecule has 0 aliphatic rings. The van der Waals surface area contributed by atoms with Crippen LogP contribution in [0.5, 0.6) is 5.75 Å².